The molecule has 0 atom stereocenters. The van der Waals surface area contributed by atoms with Gasteiger partial charge in [-0.05, 0) is 60.8 Å². The number of amides is 2. The summed E-state index contributed by atoms with van der Waals surface area (Å²) in [6.07, 6.45) is 10.9. The number of piperazine rings is 1. The van der Waals surface area contributed by atoms with E-state index >= 15 is 0 Å². The van der Waals surface area contributed by atoms with E-state index in [1.165, 1.54) is 12.4 Å². The molecule has 67 heavy (non-hydrogen) atoms. The number of likely N-dealkylation sites (N-methyl/N-ethyl adjacent to an activating group) is 1. The van der Waals surface area contributed by atoms with Crippen LogP contribution in [0.4, 0.5) is 23.4 Å². The van der Waals surface area contributed by atoms with Crippen LogP contribution in [0.3, 0.4) is 0 Å². The summed E-state index contributed by atoms with van der Waals surface area (Å²) in [6, 6.07) is 15.5. The minimum atomic E-state index is -0.507. The number of hydrogen-bond acceptors (Lipinski definition) is 16. The van der Waals surface area contributed by atoms with Crippen molar-refractivity contribution in [2.24, 2.45) is 12.0 Å². The standard InChI is InChI=1S/C24H25N7O.C23H28N8O4/c1-29-7-9-31(10-8-29)23-13-18(5-6-25-23)24(32)28-22-12-20-11-17(3-4-19(20)14-26-22)21-15-27-30(2)16-21;1-33-19-17(35-10-2-6-30-8-11-34-12-9-30)4-3-16-18(19)28-23(31-7-5-25-20(16)31)29-21(32)15-13-26-22(24)27-14-15/h3-6,11-16H,7-10H2,1-2H3,(H,26,28,32);3-4,13-14,25H,2,5-12H2,1H3,(H2,24,26,27). The van der Waals surface area contributed by atoms with E-state index in [1.807, 2.05) is 54.3 Å². The van der Waals surface area contributed by atoms with Gasteiger partial charge in [0, 0.05) is 119 Å². The predicted octanol–water partition coefficient (Wildman–Crippen LogP) is 3.72. The molecule has 2 fully saturated rings. The molecular weight excluding hydrogens is 855 g/mol. The van der Waals surface area contributed by atoms with Crippen molar-refractivity contribution in [2.75, 3.05) is 108 Å². The van der Waals surface area contributed by atoms with Crippen LogP contribution >= 0.6 is 0 Å². The monoisotopic (exact) mass is 907 g/mol. The Morgan fingerprint density at radius 1 is 0.866 bits per heavy atom. The highest BCUT2D eigenvalue weighted by atomic mass is 16.5. The number of rotatable bonds is 11. The molecule has 20 heteroatoms. The van der Waals surface area contributed by atoms with Crippen LogP contribution in [0.5, 0.6) is 11.5 Å². The topological polar surface area (TPSA) is 221 Å². The van der Waals surface area contributed by atoms with Crippen molar-refractivity contribution in [1.82, 2.24) is 49.1 Å². The number of hydrogen-bond donors (Lipinski definition) is 3. The molecular formula is C47H53N15O5. The first-order chi connectivity index (χ1) is 32.7. The van der Waals surface area contributed by atoms with Gasteiger partial charge in [0.15, 0.2) is 11.5 Å². The maximum Gasteiger partial charge on any atom is 0.283 e. The Balaban J connectivity index is 0.000000169. The lowest BCUT2D eigenvalue weighted by Gasteiger charge is -2.33. The number of aromatic nitrogens is 8. The molecule has 346 valence electrons. The molecule has 0 bridgehead atoms. The number of carbonyl (C=O) groups is 2. The van der Waals surface area contributed by atoms with Crippen molar-refractivity contribution in [2.45, 2.75) is 13.0 Å². The van der Waals surface area contributed by atoms with Crippen LogP contribution < -0.4 is 36.4 Å². The van der Waals surface area contributed by atoms with Gasteiger partial charge in [-0.3, -0.25) is 23.7 Å². The van der Waals surface area contributed by atoms with Crippen molar-refractivity contribution < 1.29 is 23.8 Å². The maximum atomic E-state index is 12.9. The van der Waals surface area contributed by atoms with Crippen LogP contribution in [0, 0.1) is 0 Å². The molecule has 7 aromatic rings. The zero-order valence-corrected chi connectivity index (χ0v) is 37.8. The molecule has 3 aliphatic rings. The van der Waals surface area contributed by atoms with Gasteiger partial charge in [0.1, 0.15) is 23.0 Å². The second-order valence-electron chi connectivity index (χ2n) is 16.4. The lowest BCUT2D eigenvalue weighted by molar-refractivity contribution is 0.0357. The van der Waals surface area contributed by atoms with Crippen LogP contribution in [-0.2, 0) is 18.3 Å². The molecule has 3 aliphatic heterocycles. The zero-order chi connectivity index (χ0) is 46.3. The molecule has 4 N–H and O–H groups in total. The average Bonchev–Trinajstić information content (AvgIpc) is 4.04. The first-order valence-corrected chi connectivity index (χ1v) is 22.2. The van der Waals surface area contributed by atoms with Gasteiger partial charge in [-0.15, -0.1) is 0 Å². The third kappa shape index (κ3) is 10.5. The van der Waals surface area contributed by atoms with E-state index in [4.69, 9.17) is 24.9 Å². The zero-order valence-electron chi connectivity index (χ0n) is 37.8. The summed E-state index contributed by atoms with van der Waals surface area (Å²) in [5.74, 6) is 2.67. The molecule has 8 heterocycles. The lowest BCUT2D eigenvalue weighted by atomic mass is 10.1. The number of nitrogens with one attached hydrogen (secondary N) is 2. The van der Waals surface area contributed by atoms with E-state index in [-0.39, 0.29) is 23.0 Å². The fraction of sp³-hybridized carbons (Fsp3) is 0.340. The number of methoxy groups -OCH3 is 1. The van der Waals surface area contributed by atoms with Gasteiger partial charge >= 0.3 is 0 Å². The second kappa shape index (κ2) is 20.3. The summed E-state index contributed by atoms with van der Waals surface area (Å²) >= 11 is 0. The number of nitrogens with two attached hydrogens (primary N) is 1. The van der Waals surface area contributed by atoms with Gasteiger partial charge in [0.25, 0.3) is 11.8 Å². The summed E-state index contributed by atoms with van der Waals surface area (Å²) in [4.78, 5) is 58.1. The maximum absolute atomic E-state index is 12.9. The summed E-state index contributed by atoms with van der Waals surface area (Å²) in [6.45, 7) is 10.1. The highest BCUT2D eigenvalue weighted by Crippen LogP contribution is 2.37. The van der Waals surface area contributed by atoms with Crippen LogP contribution in [0.25, 0.3) is 32.8 Å². The molecule has 5 aromatic heterocycles. The Morgan fingerprint density at radius 2 is 1.69 bits per heavy atom. The summed E-state index contributed by atoms with van der Waals surface area (Å²) in [7, 11) is 5.60. The van der Waals surface area contributed by atoms with Crippen LogP contribution in [-0.4, -0.2) is 147 Å². The Bertz CT molecular complexity index is 2960. The molecule has 2 saturated heterocycles. The number of fused-ring (bicyclic) bond motifs is 4. The van der Waals surface area contributed by atoms with E-state index in [0.717, 1.165) is 104 Å². The van der Waals surface area contributed by atoms with Crippen molar-refractivity contribution in [3.63, 3.8) is 0 Å². The van der Waals surface area contributed by atoms with E-state index in [9.17, 15) is 9.59 Å². The quantitative estimate of drug-likeness (QED) is 0.158. The molecule has 0 saturated carbocycles. The fourth-order valence-corrected chi connectivity index (χ4v) is 8.16. The summed E-state index contributed by atoms with van der Waals surface area (Å²) in [5.41, 5.74) is 9.27. The van der Waals surface area contributed by atoms with Gasteiger partial charge in [-0.2, -0.15) is 10.1 Å². The smallest absolute Gasteiger partial charge is 0.283 e. The van der Waals surface area contributed by atoms with Crippen molar-refractivity contribution in [1.29, 1.82) is 0 Å². The highest BCUT2D eigenvalue weighted by Gasteiger charge is 2.22. The lowest BCUT2D eigenvalue weighted by Crippen LogP contribution is -2.44. The number of morpholine rings is 1. The van der Waals surface area contributed by atoms with E-state index in [1.54, 1.807) is 30.3 Å². The highest BCUT2D eigenvalue weighted by molar-refractivity contribution is 6.05. The minimum Gasteiger partial charge on any atom is -0.491 e. The van der Waals surface area contributed by atoms with Gasteiger partial charge in [-0.1, -0.05) is 12.1 Å². The average molecular weight is 908 g/mol. The first kappa shape index (κ1) is 44.6. The van der Waals surface area contributed by atoms with Crippen LogP contribution in [0.15, 0.2) is 90.7 Å². The molecule has 2 aromatic carbocycles. The molecule has 20 nitrogen and oxygen atoms in total. The SMILES string of the molecule is CN1CCN(c2cc(C(=O)Nc3cc4cc(-c5cnn(C)c5)ccc4cn3)ccn2)CC1.COc1c(OCCCN2CCOCC2)ccc2c3n(c(=NC(=O)c4cnc(N)nc4)nc12)CCN3. The van der Waals surface area contributed by atoms with E-state index in [2.05, 4.69) is 74.5 Å². The van der Waals surface area contributed by atoms with E-state index < -0.39 is 5.91 Å². The van der Waals surface area contributed by atoms with Gasteiger partial charge in [-0.25, -0.2) is 24.9 Å². The third-order valence-corrected chi connectivity index (χ3v) is 11.8. The third-order valence-electron chi connectivity index (χ3n) is 11.8. The number of pyridine rings is 2. The van der Waals surface area contributed by atoms with Crippen LogP contribution in [0.2, 0.25) is 0 Å². The summed E-state index contributed by atoms with van der Waals surface area (Å²) < 4.78 is 20.8. The van der Waals surface area contributed by atoms with Crippen molar-refractivity contribution >= 4 is 56.9 Å². The Labute approximate surface area is 386 Å². The van der Waals surface area contributed by atoms with Gasteiger partial charge < -0.3 is 40.4 Å². The number of benzene rings is 2. The number of anilines is 4. The predicted molar refractivity (Wildman–Crippen MR) is 254 cm³/mol. The normalized spacial score (nSPS) is 15.4. The van der Waals surface area contributed by atoms with E-state index in [0.29, 0.717) is 48.1 Å². The Kier molecular flexibility index (Phi) is 13.5. The van der Waals surface area contributed by atoms with Crippen molar-refractivity contribution in [3.05, 3.63) is 102 Å². The minimum absolute atomic E-state index is 0.0899. The molecule has 0 aliphatic carbocycles. The number of nitrogen functional groups attached to an aromatic ring is 1. The Hall–Kier alpha value is -7.55. The first-order valence-electron chi connectivity index (χ1n) is 22.2. The van der Waals surface area contributed by atoms with Gasteiger partial charge in [0.05, 0.1) is 38.7 Å². The largest absolute Gasteiger partial charge is 0.491 e. The number of ether oxygens (including phenoxy) is 3. The molecule has 0 radical (unpaired) electrons. The fourth-order valence-electron chi connectivity index (χ4n) is 8.16. The molecule has 0 unspecified atom stereocenters. The summed E-state index contributed by atoms with van der Waals surface area (Å²) in [5, 5.41) is 13.4. The van der Waals surface area contributed by atoms with Crippen LogP contribution in [0.1, 0.15) is 27.1 Å². The molecule has 0 spiro atoms. The van der Waals surface area contributed by atoms with Gasteiger partial charge in [0.2, 0.25) is 11.6 Å². The number of carbonyl (C=O) groups excluding carboxylic acids is 2. The molecule has 10 rings (SSSR count). The Morgan fingerprint density at radius 3 is 2.46 bits per heavy atom. The number of nitrogens with zero attached hydrogens (tertiary/aromatic N) is 12. The van der Waals surface area contributed by atoms with Crippen molar-refractivity contribution in [3.8, 4) is 22.6 Å². The number of aryl methyl sites for hydroxylation is 1. The molecule has 2 amide bonds. The second-order valence-corrected chi connectivity index (χ2v) is 16.4.